The molecule has 0 saturated carbocycles. The monoisotopic (exact) mass is 389 g/mol. The first-order chi connectivity index (χ1) is 13.3. The van der Waals surface area contributed by atoms with Crippen LogP contribution in [0, 0.1) is 5.82 Å². The number of methoxy groups -OCH3 is 1. The Morgan fingerprint density at radius 3 is 2.46 bits per heavy atom. The number of halogens is 4. The number of hydrogen-bond donors (Lipinski definition) is 1. The van der Waals surface area contributed by atoms with E-state index in [9.17, 15) is 17.6 Å². The van der Waals surface area contributed by atoms with Crippen molar-refractivity contribution in [3.05, 3.63) is 77.1 Å². The number of benzene rings is 3. The van der Waals surface area contributed by atoms with Gasteiger partial charge in [-0.05, 0) is 64.7 Å². The van der Waals surface area contributed by atoms with Gasteiger partial charge in [-0.2, -0.15) is 13.2 Å². The van der Waals surface area contributed by atoms with Gasteiger partial charge in [0.15, 0.2) is 0 Å². The van der Waals surface area contributed by atoms with Crippen LogP contribution in [0.15, 0.2) is 54.6 Å². The highest BCUT2D eigenvalue weighted by Crippen LogP contribution is 2.38. The molecule has 0 unspecified atom stereocenters. The van der Waals surface area contributed by atoms with Crippen molar-refractivity contribution < 1.29 is 22.3 Å². The molecule has 3 aromatic carbocycles. The van der Waals surface area contributed by atoms with Crippen LogP contribution in [0.4, 0.5) is 17.6 Å². The van der Waals surface area contributed by atoms with E-state index in [-0.39, 0.29) is 17.5 Å². The van der Waals surface area contributed by atoms with Gasteiger partial charge in [-0.3, -0.25) is 0 Å². The van der Waals surface area contributed by atoms with Gasteiger partial charge in [-0.25, -0.2) is 4.39 Å². The van der Waals surface area contributed by atoms with E-state index < -0.39 is 17.6 Å². The third kappa shape index (κ3) is 3.56. The van der Waals surface area contributed by atoms with Crippen LogP contribution in [0.1, 0.15) is 35.1 Å². The lowest BCUT2D eigenvalue weighted by Gasteiger charge is -2.15. The lowest BCUT2D eigenvalue weighted by atomic mass is 9.91. The van der Waals surface area contributed by atoms with Crippen molar-refractivity contribution in [2.75, 3.05) is 13.7 Å². The highest BCUT2D eigenvalue weighted by Gasteiger charge is 2.34. The quantitative estimate of drug-likeness (QED) is 0.570. The molecule has 2 atom stereocenters. The van der Waals surface area contributed by atoms with Crippen LogP contribution in [-0.4, -0.2) is 13.7 Å². The molecule has 1 fully saturated rings. The molecule has 6 heteroatoms. The Morgan fingerprint density at radius 1 is 0.964 bits per heavy atom. The molecule has 1 heterocycles. The normalized spacial score (nSPS) is 19.9. The fraction of sp³-hybridized carbons (Fsp3) is 0.273. The van der Waals surface area contributed by atoms with Crippen LogP contribution in [0.3, 0.4) is 0 Å². The zero-order valence-electron chi connectivity index (χ0n) is 15.2. The standard InChI is InChI=1S/C22H19F4NO/c1-28-18-6-4-13-8-15(3-2-14(13)9-18)21-10-16(12-27-21)19-11-17(22(24,25)26)5-7-20(19)23/h2-9,11,16,21,27H,10,12H2,1H3/t16-,21-/m1/s1. The molecule has 4 rings (SSSR count). The second-order valence-corrected chi connectivity index (χ2v) is 7.10. The topological polar surface area (TPSA) is 21.3 Å². The van der Waals surface area contributed by atoms with Gasteiger partial charge in [-0.15, -0.1) is 0 Å². The largest absolute Gasteiger partial charge is 0.497 e. The molecule has 0 aromatic heterocycles. The van der Waals surface area contributed by atoms with Gasteiger partial charge in [0.2, 0.25) is 0 Å². The maximum absolute atomic E-state index is 14.2. The van der Waals surface area contributed by atoms with E-state index in [1.54, 1.807) is 7.11 Å². The Kier molecular flexibility index (Phi) is 4.75. The van der Waals surface area contributed by atoms with E-state index >= 15 is 0 Å². The summed E-state index contributed by atoms with van der Waals surface area (Å²) in [4.78, 5) is 0. The summed E-state index contributed by atoms with van der Waals surface area (Å²) < 4.78 is 58.4. The summed E-state index contributed by atoms with van der Waals surface area (Å²) in [6.07, 6.45) is -3.94. The molecule has 1 saturated heterocycles. The van der Waals surface area contributed by atoms with Crippen molar-refractivity contribution in [1.29, 1.82) is 0 Å². The van der Waals surface area contributed by atoms with Crippen LogP contribution in [0.5, 0.6) is 5.75 Å². The molecular formula is C22H19F4NO. The molecule has 1 N–H and O–H groups in total. The van der Waals surface area contributed by atoms with Gasteiger partial charge >= 0.3 is 6.18 Å². The Labute approximate surface area is 160 Å². The lowest BCUT2D eigenvalue weighted by Crippen LogP contribution is -2.14. The summed E-state index contributed by atoms with van der Waals surface area (Å²) in [5, 5.41) is 5.41. The second-order valence-electron chi connectivity index (χ2n) is 7.10. The Morgan fingerprint density at radius 2 is 1.71 bits per heavy atom. The van der Waals surface area contributed by atoms with Gasteiger partial charge in [0.05, 0.1) is 12.7 Å². The summed E-state index contributed by atoms with van der Waals surface area (Å²) in [6.45, 7) is 0.434. The van der Waals surface area contributed by atoms with E-state index in [4.69, 9.17) is 4.74 Å². The van der Waals surface area contributed by atoms with Crippen molar-refractivity contribution in [2.45, 2.75) is 24.6 Å². The number of rotatable bonds is 3. The fourth-order valence-electron chi connectivity index (χ4n) is 3.85. The fourth-order valence-corrected chi connectivity index (χ4v) is 3.85. The molecule has 28 heavy (non-hydrogen) atoms. The van der Waals surface area contributed by atoms with Crippen molar-refractivity contribution in [3.8, 4) is 5.75 Å². The van der Waals surface area contributed by atoms with Crippen LogP contribution in [0.25, 0.3) is 10.8 Å². The molecule has 0 spiro atoms. The third-order valence-corrected chi connectivity index (χ3v) is 5.37. The predicted molar refractivity (Wildman–Crippen MR) is 100 cm³/mol. The first kappa shape index (κ1) is 18.7. The van der Waals surface area contributed by atoms with Crippen molar-refractivity contribution in [2.24, 2.45) is 0 Å². The molecule has 3 aromatic rings. The highest BCUT2D eigenvalue weighted by molar-refractivity contribution is 5.84. The van der Waals surface area contributed by atoms with Crippen LogP contribution >= 0.6 is 0 Å². The van der Waals surface area contributed by atoms with Crippen molar-refractivity contribution in [3.63, 3.8) is 0 Å². The number of ether oxygens (including phenoxy) is 1. The van der Waals surface area contributed by atoms with Crippen LogP contribution < -0.4 is 10.1 Å². The predicted octanol–water partition coefficient (Wildman–Crippen LogP) is 5.82. The zero-order chi connectivity index (χ0) is 19.9. The molecule has 1 aliphatic heterocycles. The third-order valence-electron chi connectivity index (χ3n) is 5.37. The number of alkyl halides is 3. The Bertz CT molecular complexity index is 1020. The number of hydrogen-bond acceptors (Lipinski definition) is 2. The molecule has 1 aliphatic rings. The maximum atomic E-state index is 14.2. The second kappa shape index (κ2) is 7.09. The number of fused-ring (bicyclic) bond motifs is 1. The minimum absolute atomic E-state index is 0.0366. The van der Waals surface area contributed by atoms with E-state index in [0.717, 1.165) is 40.3 Å². The lowest BCUT2D eigenvalue weighted by molar-refractivity contribution is -0.137. The maximum Gasteiger partial charge on any atom is 0.416 e. The molecule has 2 nitrogen and oxygen atoms in total. The average molecular weight is 389 g/mol. The number of nitrogens with one attached hydrogen (secondary N) is 1. The van der Waals surface area contributed by atoms with Crippen LogP contribution in [0.2, 0.25) is 0 Å². The van der Waals surface area contributed by atoms with E-state index in [0.29, 0.717) is 13.0 Å². The Hall–Kier alpha value is -2.60. The molecular weight excluding hydrogens is 370 g/mol. The summed E-state index contributed by atoms with van der Waals surface area (Å²) in [6, 6.07) is 14.4. The van der Waals surface area contributed by atoms with Gasteiger partial charge < -0.3 is 10.1 Å². The summed E-state index contributed by atoms with van der Waals surface area (Å²) >= 11 is 0. The molecule has 0 radical (unpaired) electrons. The van der Waals surface area contributed by atoms with E-state index in [2.05, 4.69) is 11.4 Å². The minimum Gasteiger partial charge on any atom is -0.497 e. The van der Waals surface area contributed by atoms with Crippen molar-refractivity contribution >= 4 is 10.8 Å². The summed E-state index contributed by atoms with van der Waals surface area (Å²) in [5.74, 6) is -0.121. The van der Waals surface area contributed by atoms with E-state index in [1.807, 2.05) is 30.3 Å². The minimum atomic E-state index is -4.48. The van der Waals surface area contributed by atoms with Gasteiger partial charge in [0.1, 0.15) is 11.6 Å². The summed E-state index contributed by atoms with van der Waals surface area (Å²) in [7, 11) is 1.62. The molecule has 146 valence electrons. The van der Waals surface area contributed by atoms with E-state index in [1.165, 1.54) is 0 Å². The zero-order valence-corrected chi connectivity index (χ0v) is 15.2. The SMILES string of the molecule is COc1ccc2cc([C@H]3C[C@@H](c4cc(C(F)(F)F)ccc4F)CN3)ccc2c1. The molecule has 0 bridgehead atoms. The average Bonchev–Trinajstić information content (AvgIpc) is 3.16. The highest BCUT2D eigenvalue weighted by atomic mass is 19.4. The first-order valence-electron chi connectivity index (χ1n) is 9.03. The van der Waals surface area contributed by atoms with Crippen LogP contribution in [-0.2, 0) is 6.18 Å². The van der Waals surface area contributed by atoms with Gasteiger partial charge in [0.25, 0.3) is 0 Å². The van der Waals surface area contributed by atoms with Gasteiger partial charge in [-0.1, -0.05) is 18.2 Å². The smallest absolute Gasteiger partial charge is 0.416 e. The van der Waals surface area contributed by atoms with Gasteiger partial charge in [0, 0.05) is 18.5 Å². The molecule has 0 amide bonds. The summed E-state index contributed by atoms with van der Waals surface area (Å²) in [5.41, 5.74) is 0.343. The molecule has 0 aliphatic carbocycles. The Balaban J connectivity index is 1.58. The first-order valence-corrected chi connectivity index (χ1v) is 9.03. The van der Waals surface area contributed by atoms with Crippen molar-refractivity contribution in [1.82, 2.24) is 5.32 Å².